The summed E-state index contributed by atoms with van der Waals surface area (Å²) in [5, 5.41) is 0.443. The van der Waals surface area contributed by atoms with Gasteiger partial charge in [-0.05, 0) is 13.3 Å². The largest absolute Gasteiger partial charge is 0.452 e. The second-order valence-electron chi connectivity index (χ2n) is 3.25. The van der Waals surface area contributed by atoms with Gasteiger partial charge in [0, 0.05) is 10.9 Å². The highest BCUT2D eigenvalue weighted by Gasteiger charge is 2.28. The van der Waals surface area contributed by atoms with Gasteiger partial charge in [0.25, 0.3) is 0 Å². The van der Waals surface area contributed by atoms with Crippen LogP contribution in [0.15, 0.2) is 0 Å². The molecule has 2 N–H and O–H groups in total. The van der Waals surface area contributed by atoms with Crippen LogP contribution in [0.25, 0.3) is 0 Å². The van der Waals surface area contributed by atoms with E-state index in [1.54, 1.807) is 11.6 Å². The van der Waals surface area contributed by atoms with E-state index < -0.39 is 21.8 Å². The molecule has 0 aliphatic heterocycles. The molecular formula is C7H15BrN2O4S. The van der Waals surface area contributed by atoms with Crippen molar-refractivity contribution >= 4 is 32.2 Å². The first-order chi connectivity index (χ1) is 6.78. The van der Waals surface area contributed by atoms with Crippen molar-refractivity contribution in [1.82, 2.24) is 9.44 Å². The van der Waals surface area contributed by atoms with Crippen molar-refractivity contribution in [2.24, 2.45) is 0 Å². The average molecular weight is 303 g/mol. The Kier molecular flexibility index (Phi) is 5.54. The van der Waals surface area contributed by atoms with Crippen LogP contribution in [0.2, 0.25) is 0 Å². The Labute approximate surface area is 98.1 Å². The van der Waals surface area contributed by atoms with E-state index in [9.17, 15) is 13.2 Å². The summed E-state index contributed by atoms with van der Waals surface area (Å²) in [6.45, 7) is 3.56. The Balaban J connectivity index is 4.57. The monoisotopic (exact) mass is 302 g/mol. The summed E-state index contributed by atoms with van der Waals surface area (Å²) >= 11 is 3.20. The molecule has 0 saturated carbocycles. The van der Waals surface area contributed by atoms with Crippen molar-refractivity contribution in [3.05, 3.63) is 0 Å². The van der Waals surface area contributed by atoms with Gasteiger partial charge in [-0.3, -0.25) is 0 Å². The third-order valence-corrected chi connectivity index (χ3v) is 4.29. The fourth-order valence-electron chi connectivity index (χ4n) is 0.695. The van der Waals surface area contributed by atoms with E-state index in [4.69, 9.17) is 0 Å². The van der Waals surface area contributed by atoms with E-state index >= 15 is 0 Å². The smallest absolute Gasteiger partial charge is 0.421 e. The zero-order chi connectivity index (χ0) is 12.1. The predicted octanol–water partition coefficient (Wildman–Crippen LogP) is 0.740. The summed E-state index contributed by atoms with van der Waals surface area (Å²) in [5.74, 6) is 0. The number of amides is 1. The molecule has 1 atom stereocenters. The van der Waals surface area contributed by atoms with Crippen molar-refractivity contribution in [3.8, 4) is 0 Å². The standard InChI is InChI=1S/C7H15BrN2O4S/c1-4-7(2,5-8)10-15(12,13)9-6(11)14-3/h10H,4-5H2,1-3H3,(H,9,11). The molecule has 0 aromatic heterocycles. The maximum absolute atomic E-state index is 11.4. The van der Waals surface area contributed by atoms with Gasteiger partial charge in [-0.25, -0.2) is 9.52 Å². The first kappa shape index (κ1) is 14.7. The molecule has 0 heterocycles. The first-order valence-corrected chi connectivity index (χ1v) is 6.84. The number of hydrogen-bond acceptors (Lipinski definition) is 4. The molecule has 90 valence electrons. The SMILES string of the molecule is CCC(C)(CBr)NS(=O)(=O)NC(=O)OC. The molecule has 0 saturated heterocycles. The minimum Gasteiger partial charge on any atom is -0.452 e. The van der Waals surface area contributed by atoms with Gasteiger partial charge < -0.3 is 4.74 Å². The molecule has 0 fully saturated rings. The molecule has 0 aromatic carbocycles. The lowest BCUT2D eigenvalue weighted by atomic mass is 10.0. The van der Waals surface area contributed by atoms with E-state index in [1.165, 1.54) is 0 Å². The summed E-state index contributed by atoms with van der Waals surface area (Å²) in [5.41, 5.74) is -0.639. The first-order valence-electron chi connectivity index (χ1n) is 4.24. The molecule has 0 bridgehead atoms. The Morgan fingerprint density at radius 1 is 1.53 bits per heavy atom. The van der Waals surface area contributed by atoms with Crippen LogP contribution in [-0.2, 0) is 14.9 Å². The number of ether oxygens (including phenoxy) is 1. The minimum atomic E-state index is -3.88. The van der Waals surface area contributed by atoms with E-state index in [2.05, 4.69) is 25.4 Å². The number of carbonyl (C=O) groups excluding carboxylic acids is 1. The normalized spacial score (nSPS) is 15.5. The maximum Gasteiger partial charge on any atom is 0.421 e. The molecular weight excluding hydrogens is 288 g/mol. The summed E-state index contributed by atoms with van der Waals surface area (Å²) in [4.78, 5) is 10.7. The third kappa shape index (κ3) is 5.33. The molecule has 15 heavy (non-hydrogen) atoms. The van der Waals surface area contributed by atoms with Crippen LogP contribution < -0.4 is 9.44 Å². The second kappa shape index (κ2) is 5.66. The van der Waals surface area contributed by atoms with Gasteiger partial charge in [0.05, 0.1) is 7.11 Å². The molecule has 0 radical (unpaired) electrons. The maximum atomic E-state index is 11.4. The highest BCUT2D eigenvalue weighted by molar-refractivity contribution is 9.09. The van der Waals surface area contributed by atoms with Crippen molar-refractivity contribution in [1.29, 1.82) is 0 Å². The van der Waals surface area contributed by atoms with Crippen molar-refractivity contribution in [3.63, 3.8) is 0 Å². The van der Waals surface area contributed by atoms with Crippen LogP contribution in [0.5, 0.6) is 0 Å². The predicted molar refractivity (Wildman–Crippen MR) is 60.1 cm³/mol. The van der Waals surface area contributed by atoms with Crippen LogP contribution in [-0.4, -0.2) is 32.5 Å². The van der Waals surface area contributed by atoms with Crippen LogP contribution in [0.3, 0.4) is 0 Å². The van der Waals surface area contributed by atoms with Gasteiger partial charge >= 0.3 is 16.3 Å². The molecule has 0 aliphatic rings. The zero-order valence-electron chi connectivity index (χ0n) is 8.83. The lowest BCUT2D eigenvalue weighted by molar-refractivity contribution is 0.177. The van der Waals surface area contributed by atoms with Crippen LogP contribution in [0.1, 0.15) is 20.3 Å². The minimum absolute atomic E-state index is 0.443. The molecule has 0 aromatic rings. The molecule has 8 heteroatoms. The fraction of sp³-hybridized carbons (Fsp3) is 0.857. The number of methoxy groups -OCH3 is 1. The second-order valence-corrected chi connectivity index (χ2v) is 5.22. The average Bonchev–Trinajstić information content (AvgIpc) is 2.16. The Morgan fingerprint density at radius 2 is 2.07 bits per heavy atom. The quantitative estimate of drug-likeness (QED) is 0.734. The lowest BCUT2D eigenvalue weighted by Gasteiger charge is -2.26. The fourth-order valence-corrected chi connectivity index (χ4v) is 2.64. The topological polar surface area (TPSA) is 84.5 Å². The van der Waals surface area contributed by atoms with E-state index in [1.807, 2.05) is 6.92 Å². The van der Waals surface area contributed by atoms with Gasteiger partial charge in [0.15, 0.2) is 0 Å². The zero-order valence-corrected chi connectivity index (χ0v) is 11.2. The van der Waals surface area contributed by atoms with Gasteiger partial charge in [-0.15, -0.1) is 0 Å². The van der Waals surface area contributed by atoms with Crippen LogP contribution in [0, 0.1) is 0 Å². The Hall–Kier alpha value is -0.340. The van der Waals surface area contributed by atoms with Crippen molar-refractivity contribution in [2.75, 3.05) is 12.4 Å². The van der Waals surface area contributed by atoms with Crippen LogP contribution >= 0.6 is 15.9 Å². The number of hydrogen-bond donors (Lipinski definition) is 2. The molecule has 0 spiro atoms. The van der Waals surface area contributed by atoms with Crippen LogP contribution in [0.4, 0.5) is 4.79 Å². The highest BCUT2D eigenvalue weighted by Crippen LogP contribution is 2.13. The Bertz CT molecular complexity index is 313. The number of halogens is 1. The van der Waals surface area contributed by atoms with Gasteiger partial charge in [0.1, 0.15) is 0 Å². The third-order valence-electron chi connectivity index (χ3n) is 1.86. The molecule has 1 amide bonds. The van der Waals surface area contributed by atoms with Crippen molar-refractivity contribution in [2.45, 2.75) is 25.8 Å². The number of carbonyl (C=O) groups is 1. The molecule has 1 unspecified atom stereocenters. The number of nitrogens with one attached hydrogen (secondary N) is 2. The van der Waals surface area contributed by atoms with Crippen molar-refractivity contribution < 1.29 is 17.9 Å². The summed E-state index contributed by atoms with van der Waals surface area (Å²) < 4.78 is 31.0. The molecule has 0 rings (SSSR count). The van der Waals surface area contributed by atoms with Gasteiger partial charge in [0.2, 0.25) is 0 Å². The van der Waals surface area contributed by atoms with E-state index in [0.29, 0.717) is 11.8 Å². The number of rotatable bonds is 5. The summed E-state index contributed by atoms with van der Waals surface area (Å²) in [6.07, 6.45) is -0.434. The Morgan fingerprint density at radius 3 is 2.40 bits per heavy atom. The van der Waals surface area contributed by atoms with E-state index in [-0.39, 0.29) is 0 Å². The number of alkyl halides is 1. The van der Waals surface area contributed by atoms with Gasteiger partial charge in [-0.1, -0.05) is 22.9 Å². The summed E-state index contributed by atoms with van der Waals surface area (Å²) in [6, 6.07) is 0. The summed E-state index contributed by atoms with van der Waals surface area (Å²) in [7, 11) is -2.79. The highest BCUT2D eigenvalue weighted by atomic mass is 79.9. The lowest BCUT2D eigenvalue weighted by Crippen LogP contribution is -2.52. The van der Waals surface area contributed by atoms with Gasteiger partial charge in [-0.2, -0.15) is 13.1 Å². The van der Waals surface area contributed by atoms with E-state index in [0.717, 1.165) is 7.11 Å². The molecule has 6 nitrogen and oxygen atoms in total. The molecule has 0 aliphatic carbocycles.